The van der Waals surface area contributed by atoms with Crippen molar-refractivity contribution in [1.29, 1.82) is 0 Å². The van der Waals surface area contributed by atoms with Crippen LogP contribution in [-0.4, -0.2) is 16.2 Å². The largest absolute Gasteiger partial charge is 0.438 e. The molecule has 0 saturated carbocycles. The van der Waals surface area contributed by atoms with Gasteiger partial charge < -0.3 is 10.5 Å². The Morgan fingerprint density at radius 1 is 1.28 bits per heavy atom. The zero-order valence-corrected chi connectivity index (χ0v) is 12.4. The number of hydrogen-bond acceptors (Lipinski definition) is 5. The summed E-state index contributed by atoms with van der Waals surface area (Å²) in [5, 5.41) is 0.591. The molecule has 2 rings (SSSR count). The van der Waals surface area contributed by atoms with Crippen LogP contribution in [0.15, 0.2) is 33.9 Å². The highest BCUT2D eigenvalue weighted by Crippen LogP contribution is 2.30. The van der Waals surface area contributed by atoms with Crippen molar-refractivity contribution < 1.29 is 4.74 Å². The molecular formula is C12H12BrN3OS. The number of benzene rings is 1. The van der Waals surface area contributed by atoms with Crippen molar-refractivity contribution >= 4 is 33.5 Å². The molecule has 94 valence electrons. The summed E-state index contributed by atoms with van der Waals surface area (Å²) in [5.74, 6) is 1.54. The SMILES string of the molecule is CSc1nc(N)cc(Oc2ccc(C)cc2Br)n1. The predicted molar refractivity (Wildman–Crippen MR) is 77.2 cm³/mol. The molecule has 0 aliphatic carbocycles. The van der Waals surface area contributed by atoms with Crippen LogP contribution in [0.3, 0.4) is 0 Å². The van der Waals surface area contributed by atoms with Gasteiger partial charge >= 0.3 is 0 Å². The molecule has 0 bridgehead atoms. The minimum atomic E-state index is 0.396. The monoisotopic (exact) mass is 325 g/mol. The lowest BCUT2D eigenvalue weighted by Gasteiger charge is -2.08. The molecule has 0 aliphatic rings. The highest BCUT2D eigenvalue weighted by atomic mass is 79.9. The second-order valence-corrected chi connectivity index (χ2v) is 5.28. The van der Waals surface area contributed by atoms with E-state index in [2.05, 4.69) is 25.9 Å². The quantitative estimate of drug-likeness (QED) is 0.689. The summed E-state index contributed by atoms with van der Waals surface area (Å²) in [5.41, 5.74) is 6.85. The molecule has 6 heteroatoms. The molecule has 1 aromatic carbocycles. The van der Waals surface area contributed by atoms with E-state index in [9.17, 15) is 0 Å². The van der Waals surface area contributed by atoms with Gasteiger partial charge in [0.05, 0.1) is 4.47 Å². The maximum Gasteiger partial charge on any atom is 0.225 e. The lowest BCUT2D eigenvalue weighted by Crippen LogP contribution is -1.97. The third-order valence-corrected chi connectivity index (χ3v) is 3.35. The minimum absolute atomic E-state index is 0.396. The number of rotatable bonds is 3. The van der Waals surface area contributed by atoms with E-state index in [1.54, 1.807) is 6.07 Å². The highest BCUT2D eigenvalue weighted by molar-refractivity contribution is 9.10. The standard InChI is InChI=1S/C12H12BrN3OS/c1-7-3-4-9(8(13)5-7)17-11-6-10(14)15-12(16-11)18-2/h3-6H,1-2H3,(H2,14,15,16). The molecule has 4 nitrogen and oxygen atoms in total. The van der Waals surface area contributed by atoms with Crippen molar-refractivity contribution in [2.24, 2.45) is 0 Å². The number of aryl methyl sites for hydroxylation is 1. The van der Waals surface area contributed by atoms with Crippen molar-refractivity contribution in [3.8, 4) is 11.6 Å². The first-order valence-corrected chi connectivity index (χ1v) is 7.23. The van der Waals surface area contributed by atoms with E-state index in [1.807, 2.05) is 31.4 Å². The van der Waals surface area contributed by atoms with Gasteiger partial charge in [-0.05, 0) is 46.8 Å². The number of halogens is 1. The topological polar surface area (TPSA) is 61.0 Å². The van der Waals surface area contributed by atoms with Crippen LogP contribution in [0, 0.1) is 6.92 Å². The molecule has 18 heavy (non-hydrogen) atoms. The molecule has 2 aromatic rings. The van der Waals surface area contributed by atoms with E-state index in [4.69, 9.17) is 10.5 Å². The molecule has 0 radical (unpaired) electrons. The molecule has 0 atom stereocenters. The smallest absolute Gasteiger partial charge is 0.225 e. The summed E-state index contributed by atoms with van der Waals surface area (Å²) in [7, 11) is 0. The number of nitrogens with two attached hydrogens (primary N) is 1. The van der Waals surface area contributed by atoms with Gasteiger partial charge in [-0.2, -0.15) is 4.98 Å². The van der Waals surface area contributed by atoms with Crippen LogP contribution in [-0.2, 0) is 0 Å². The Morgan fingerprint density at radius 3 is 2.72 bits per heavy atom. The summed E-state index contributed by atoms with van der Waals surface area (Å²) in [4.78, 5) is 8.31. The maximum absolute atomic E-state index is 5.70. The van der Waals surface area contributed by atoms with E-state index in [0.717, 1.165) is 10.0 Å². The van der Waals surface area contributed by atoms with Gasteiger partial charge in [0.25, 0.3) is 0 Å². The molecule has 0 fully saturated rings. The Kier molecular flexibility index (Phi) is 4.08. The lowest BCUT2D eigenvalue weighted by molar-refractivity contribution is 0.453. The number of nitrogens with zero attached hydrogens (tertiary/aromatic N) is 2. The fraction of sp³-hybridized carbons (Fsp3) is 0.167. The fourth-order valence-electron chi connectivity index (χ4n) is 1.37. The van der Waals surface area contributed by atoms with Gasteiger partial charge in [0.15, 0.2) is 5.16 Å². The van der Waals surface area contributed by atoms with Crippen LogP contribution in [0.1, 0.15) is 5.56 Å². The first kappa shape index (κ1) is 13.2. The molecule has 1 aromatic heterocycles. The summed E-state index contributed by atoms with van der Waals surface area (Å²) in [6, 6.07) is 7.44. The van der Waals surface area contributed by atoms with Crippen LogP contribution in [0.4, 0.5) is 5.82 Å². The van der Waals surface area contributed by atoms with E-state index >= 15 is 0 Å². The average molecular weight is 326 g/mol. The van der Waals surface area contributed by atoms with Crippen molar-refractivity contribution in [1.82, 2.24) is 9.97 Å². The van der Waals surface area contributed by atoms with Gasteiger partial charge in [-0.25, -0.2) is 4.98 Å². The first-order chi connectivity index (χ1) is 8.58. The predicted octanol–water partition coefficient (Wildman–Crippen LogP) is 3.64. The van der Waals surface area contributed by atoms with Gasteiger partial charge in [0, 0.05) is 6.07 Å². The molecule has 0 unspecified atom stereocenters. The maximum atomic E-state index is 5.70. The van der Waals surface area contributed by atoms with Gasteiger partial charge in [-0.15, -0.1) is 0 Å². The van der Waals surface area contributed by atoms with Gasteiger partial charge in [-0.3, -0.25) is 0 Å². The number of hydrogen-bond donors (Lipinski definition) is 1. The number of aromatic nitrogens is 2. The van der Waals surface area contributed by atoms with Gasteiger partial charge in [-0.1, -0.05) is 17.8 Å². The third kappa shape index (κ3) is 3.14. The number of thioether (sulfide) groups is 1. The minimum Gasteiger partial charge on any atom is -0.438 e. The Labute approximate surface area is 118 Å². The first-order valence-electron chi connectivity index (χ1n) is 5.21. The van der Waals surface area contributed by atoms with E-state index in [-0.39, 0.29) is 0 Å². The van der Waals surface area contributed by atoms with Crippen LogP contribution >= 0.6 is 27.7 Å². The summed E-state index contributed by atoms with van der Waals surface area (Å²) < 4.78 is 6.58. The van der Waals surface area contributed by atoms with Gasteiger partial charge in [0.1, 0.15) is 11.6 Å². The van der Waals surface area contributed by atoms with Crippen molar-refractivity contribution in [3.05, 3.63) is 34.3 Å². The molecule has 0 amide bonds. The van der Waals surface area contributed by atoms with E-state index in [1.165, 1.54) is 11.8 Å². The van der Waals surface area contributed by atoms with E-state index < -0.39 is 0 Å². The lowest BCUT2D eigenvalue weighted by atomic mass is 10.2. The molecule has 0 spiro atoms. The zero-order chi connectivity index (χ0) is 13.1. The summed E-state index contributed by atoms with van der Waals surface area (Å²) in [6.07, 6.45) is 1.89. The highest BCUT2D eigenvalue weighted by Gasteiger charge is 2.07. The molecule has 1 heterocycles. The summed E-state index contributed by atoms with van der Waals surface area (Å²) >= 11 is 4.87. The second kappa shape index (κ2) is 5.58. The molecule has 0 saturated heterocycles. The van der Waals surface area contributed by atoms with Gasteiger partial charge in [0.2, 0.25) is 5.88 Å². The number of nitrogen functional groups attached to an aromatic ring is 1. The summed E-state index contributed by atoms with van der Waals surface area (Å²) in [6.45, 7) is 2.02. The fourth-order valence-corrected chi connectivity index (χ4v) is 2.32. The average Bonchev–Trinajstić information content (AvgIpc) is 2.32. The van der Waals surface area contributed by atoms with Crippen LogP contribution in [0.25, 0.3) is 0 Å². The van der Waals surface area contributed by atoms with Crippen LogP contribution < -0.4 is 10.5 Å². The van der Waals surface area contributed by atoms with Crippen LogP contribution in [0.5, 0.6) is 11.6 Å². The molecular weight excluding hydrogens is 314 g/mol. The number of anilines is 1. The van der Waals surface area contributed by atoms with Crippen LogP contribution in [0.2, 0.25) is 0 Å². The molecule has 2 N–H and O–H groups in total. The second-order valence-electron chi connectivity index (χ2n) is 3.65. The third-order valence-electron chi connectivity index (χ3n) is 2.19. The normalized spacial score (nSPS) is 10.4. The Balaban J connectivity index is 2.30. The Morgan fingerprint density at radius 2 is 2.06 bits per heavy atom. The Bertz CT molecular complexity index is 577. The van der Waals surface area contributed by atoms with Crippen molar-refractivity contribution in [3.63, 3.8) is 0 Å². The molecule has 0 aliphatic heterocycles. The van der Waals surface area contributed by atoms with Crippen molar-refractivity contribution in [2.75, 3.05) is 12.0 Å². The Hall–Kier alpha value is -1.27. The zero-order valence-electron chi connectivity index (χ0n) is 9.98. The van der Waals surface area contributed by atoms with E-state index in [0.29, 0.717) is 22.6 Å². The van der Waals surface area contributed by atoms with Crippen molar-refractivity contribution in [2.45, 2.75) is 12.1 Å². The number of ether oxygens (including phenoxy) is 1.